The van der Waals surface area contributed by atoms with Crippen LogP contribution in [0.25, 0.3) is 0 Å². The number of hydrogen-bond donors (Lipinski definition) is 4. The van der Waals surface area contributed by atoms with Crippen molar-refractivity contribution >= 4 is 45.4 Å². The van der Waals surface area contributed by atoms with Gasteiger partial charge in [0.1, 0.15) is 0 Å². The highest BCUT2D eigenvalue weighted by molar-refractivity contribution is 8.26. The summed E-state index contributed by atoms with van der Waals surface area (Å²) < 4.78 is 0. The largest absolute Gasteiger partial charge is 0.370 e. The number of thioether (sulfide) groups is 1. The fourth-order valence-corrected chi connectivity index (χ4v) is 2.14. The van der Waals surface area contributed by atoms with Gasteiger partial charge in [-0.2, -0.15) is 0 Å². The molecule has 0 fully saturated rings. The number of nitrogens with two attached hydrogens (primary N) is 2. The van der Waals surface area contributed by atoms with E-state index in [1.807, 2.05) is 11.8 Å². The van der Waals surface area contributed by atoms with E-state index >= 15 is 0 Å². The van der Waals surface area contributed by atoms with E-state index in [-0.39, 0.29) is 18.0 Å². The van der Waals surface area contributed by atoms with Gasteiger partial charge in [-0.15, -0.1) is 0 Å². The molecular formula is C14H19N4O5S+. The van der Waals surface area contributed by atoms with Crippen LogP contribution < -0.4 is 21.8 Å². The van der Waals surface area contributed by atoms with Crippen LogP contribution in [0, 0.1) is 11.8 Å². The van der Waals surface area contributed by atoms with Crippen LogP contribution in [0.1, 0.15) is 26.7 Å². The maximum absolute atomic E-state index is 12.1. The van der Waals surface area contributed by atoms with Crippen molar-refractivity contribution < 1.29 is 29.0 Å². The van der Waals surface area contributed by atoms with Crippen molar-refractivity contribution in [2.24, 2.45) is 11.5 Å². The standard InChI is InChI=1S/C14H18N4O5S/c1-8(24-9(2)19)18-11(4-6-13(16)22)14(23)17-7-10(20)3-5-12(15)21/h11H,4,6-7H2,1-2H3,(H2,15,21)(H2,16,22)(H,17,23)/p+1/t11-/m0/s1. The van der Waals surface area contributed by atoms with Gasteiger partial charge in [0, 0.05) is 44.4 Å². The molecule has 0 rings (SSSR count). The van der Waals surface area contributed by atoms with Gasteiger partial charge in [-0.05, 0) is 5.92 Å². The Hall–Kier alpha value is -2.67. The minimum absolute atomic E-state index is 0.0570. The molecule has 0 aromatic heterocycles. The second-order valence-electron chi connectivity index (χ2n) is 4.61. The van der Waals surface area contributed by atoms with Gasteiger partial charge in [-0.3, -0.25) is 24.0 Å². The van der Waals surface area contributed by atoms with Crippen molar-refractivity contribution in [2.75, 3.05) is 6.54 Å². The van der Waals surface area contributed by atoms with E-state index in [1.54, 1.807) is 6.92 Å². The predicted octanol–water partition coefficient (Wildman–Crippen LogP) is -3.43. The molecule has 6 N–H and O–H groups in total. The van der Waals surface area contributed by atoms with Crippen LogP contribution in [0.4, 0.5) is 0 Å². The van der Waals surface area contributed by atoms with Crippen molar-refractivity contribution in [3.8, 4) is 11.8 Å². The third-order valence-electron chi connectivity index (χ3n) is 2.42. The fraction of sp³-hybridized carbons (Fsp3) is 0.429. The third kappa shape index (κ3) is 11.0. The lowest BCUT2D eigenvalue weighted by atomic mass is 10.1. The molecule has 10 heteroatoms. The Bertz CT molecular complexity index is 633. The highest BCUT2D eigenvalue weighted by Crippen LogP contribution is 2.00. The van der Waals surface area contributed by atoms with Gasteiger partial charge in [0.05, 0.1) is 6.54 Å². The van der Waals surface area contributed by atoms with E-state index in [1.165, 1.54) is 6.92 Å². The zero-order chi connectivity index (χ0) is 18.7. The Morgan fingerprint density at radius 3 is 2.25 bits per heavy atom. The molecule has 0 aromatic rings. The molecule has 9 nitrogen and oxygen atoms in total. The number of carbonyl (C=O) groups is 5. The van der Waals surface area contributed by atoms with Crippen LogP contribution in [0.3, 0.4) is 0 Å². The summed E-state index contributed by atoms with van der Waals surface area (Å²) >= 11 is 0.900. The number of carbonyl (C=O) groups excluding carboxylic acids is 5. The first-order valence-electron chi connectivity index (χ1n) is 6.80. The number of hydrogen-bond acceptors (Lipinski definition) is 6. The summed E-state index contributed by atoms with van der Waals surface area (Å²) in [5.41, 5.74) is 9.83. The van der Waals surface area contributed by atoms with E-state index in [2.05, 4.69) is 10.3 Å². The minimum Gasteiger partial charge on any atom is -0.370 e. The lowest BCUT2D eigenvalue weighted by Crippen LogP contribution is -2.82. The molecule has 3 amide bonds. The normalized spacial score (nSPS) is 11.7. The quantitative estimate of drug-likeness (QED) is 0.161. The highest BCUT2D eigenvalue weighted by Gasteiger charge is 2.24. The van der Waals surface area contributed by atoms with Crippen LogP contribution in [0.15, 0.2) is 0 Å². The molecule has 130 valence electrons. The lowest BCUT2D eigenvalue weighted by Gasteiger charge is -2.07. The lowest BCUT2D eigenvalue weighted by molar-refractivity contribution is -0.485. The smallest absolute Gasteiger partial charge is 0.293 e. The second kappa shape index (κ2) is 11.0. The molecule has 0 bridgehead atoms. The number of amides is 3. The number of primary amides is 2. The predicted molar refractivity (Wildman–Crippen MR) is 87.1 cm³/mol. The molecule has 0 aliphatic rings. The average Bonchev–Trinajstić information content (AvgIpc) is 2.45. The summed E-state index contributed by atoms with van der Waals surface area (Å²) in [7, 11) is 0. The van der Waals surface area contributed by atoms with Gasteiger partial charge in [0.2, 0.25) is 22.8 Å². The number of Topliss-reactive ketones (excluding diaryl/α,β-unsaturated/α-hetero) is 1. The third-order valence-corrected chi connectivity index (χ3v) is 3.13. The minimum atomic E-state index is -0.956. The van der Waals surface area contributed by atoms with Crippen LogP contribution in [0.2, 0.25) is 0 Å². The van der Waals surface area contributed by atoms with E-state index in [0.29, 0.717) is 5.04 Å². The molecule has 0 heterocycles. The molecular weight excluding hydrogens is 336 g/mol. The molecule has 0 aliphatic heterocycles. The summed E-state index contributed by atoms with van der Waals surface area (Å²) in [6.07, 6.45) is 0.0245. The Labute approximate surface area is 143 Å². The summed E-state index contributed by atoms with van der Waals surface area (Å²) in [5, 5.41) is 2.61. The van der Waals surface area contributed by atoms with Gasteiger partial charge in [0.25, 0.3) is 11.8 Å². The van der Waals surface area contributed by atoms with Crippen molar-refractivity contribution in [3.05, 3.63) is 0 Å². The SMILES string of the molecule is CC(=O)SC(C)=[NH+][C@@H](CCC(N)=O)C(=O)NCC(=O)C#CC(N)=O. The van der Waals surface area contributed by atoms with E-state index < -0.39 is 36.1 Å². The molecule has 0 saturated carbocycles. The van der Waals surface area contributed by atoms with Gasteiger partial charge in [-0.1, -0.05) is 0 Å². The van der Waals surface area contributed by atoms with E-state index in [0.717, 1.165) is 11.8 Å². The van der Waals surface area contributed by atoms with Crippen LogP contribution in [0.5, 0.6) is 0 Å². The Kier molecular flexibility index (Phi) is 9.74. The maximum atomic E-state index is 12.1. The summed E-state index contributed by atoms with van der Waals surface area (Å²) in [6, 6.07) is -0.860. The summed E-state index contributed by atoms with van der Waals surface area (Å²) in [4.78, 5) is 58.6. The van der Waals surface area contributed by atoms with Crippen molar-refractivity contribution in [1.29, 1.82) is 0 Å². The molecule has 1 atom stereocenters. The Morgan fingerprint density at radius 2 is 1.75 bits per heavy atom. The molecule has 0 unspecified atom stereocenters. The van der Waals surface area contributed by atoms with E-state index in [4.69, 9.17) is 11.5 Å². The first-order valence-corrected chi connectivity index (χ1v) is 7.62. The van der Waals surface area contributed by atoms with Gasteiger partial charge in [0.15, 0.2) is 5.12 Å². The fourth-order valence-electron chi connectivity index (χ4n) is 1.51. The number of nitrogens with one attached hydrogen (secondary N) is 2. The molecule has 0 spiro atoms. The van der Waals surface area contributed by atoms with Crippen LogP contribution >= 0.6 is 11.8 Å². The molecule has 0 aromatic carbocycles. The zero-order valence-corrected chi connectivity index (χ0v) is 14.1. The Morgan fingerprint density at radius 1 is 1.12 bits per heavy atom. The highest BCUT2D eigenvalue weighted by atomic mass is 32.2. The Balaban J connectivity index is 4.88. The van der Waals surface area contributed by atoms with Gasteiger partial charge < -0.3 is 16.8 Å². The second-order valence-corrected chi connectivity index (χ2v) is 6.00. The van der Waals surface area contributed by atoms with E-state index in [9.17, 15) is 24.0 Å². The maximum Gasteiger partial charge on any atom is 0.293 e. The average molecular weight is 355 g/mol. The van der Waals surface area contributed by atoms with Crippen molar-refractivity contribution in [3.63, 3.8) is 0 Å². The topological polar surface area (TPSA) is 163 Å². The number of ketones is 1. The zero-order valence-electron chi connectivity index (χ0n) is 13.3. The number of rotatable bonds is 7. The molecule has 24 heavy (non-hydrogen) atoms. The van der Waals surface area contributed by atoms with Crippen molar-refractivity contribution in [2.45, 2.75) is 32.7 Å². The molecule has 0 radical (unpaired) electrons. The molecule has 0 saturated heterocycles. The van der Waals surface area contributed by atoms with Crippen LogP contribution in [-0.2, 0) is 24.0 Å². The molecule has 0 aliphatic carbocycles. The summed E-state index contributed by atoms with van der Waals surface area (Å²) in [5.74, 6) is 1.01. The van der Waals surface area contributed by atoms with Gasteiger partial charge in [-0.25, -0.2) is 4.99 Å². The summed E-state index contributed by atoms with van der Waals surface area (Å²) in [6.45, 7) is 2.54. The first kappa shape index (κ1) is 21.3. The first-order chi connectivity index (χ1) is 11.1. The monoisotopic (exact) mass is 355 g/mol. The van der Waals surface area contributed by atoms with Gasteiger partial charge >= 0.3 is 0 Å². The van der Waals surface area contributed by atoms with Crippen molar-refractivity contribution in [1.82, 2.24) is 5.32 Å². The van der Waals surface area contributed by atoms with Crippen LogP contribution in [-0.4, -0.2) is 46.3 Å².